The fraction of sp³-hybridized carbons (Fsp3) is 0.222. The fourth-order valence-corrected chi connectivity index (χ4v) is 3.91. The lowest BCUT2D eigenvalue weighted by Gasteiger charge is -2.07. The van der Waals surface area contributed by atoms with Gasteiger partial charge in [0, 0.05) is 58.4 Å². The summed E-state index contributed by atoms with van der Waals surface area (Å²) in [6.07, 6.45) is 7.43. The van der Waals surface area contributed by atoms with Gasteiger partial charge in [-0.15, -0.1) is 0 Å². The van der Waals surface area contributed by atoms with E-state index >= 15 is 0 Å². The highest BCUT2D eigenvalue weighted by Crippen LogP contribution is 2.15. The van der Waals surface area contributed by atoms with Gasteiger partial charge in [0.05, 0.1) is 5.69 Å². The van der Waals surface area contributed by atoms with Crippen LogP contribution in [0.2, 0.25) is 0 Å². The Kier molecular flexibility index (Phi) is 7.01. The molecule has 0 aliphatic carbocycles. The van der Waals surface area contributed by atoms with E-state index in [1.54, 1.807) is 30.4 Å². The SMILES string of the molecule is O=c1[nH]c(NCCSCc2ncccc2I)ncc1Cc1cccnc1. The number of halogens is 1. The van der Waals surface area contributed by atoms with E-state index in [4.69, 9.17) is 0 Å². The van der Waals surface area contributed by atoms with E-state index in [0.29, 0.717) is 17.9 Å². The van der Waals surface area contributed by atoms with Gasteiger partial charge in [-0.2, -0.15) is 11.8 Å². The van der Waals surface area contributed by atoms with Gasteiger partial charge in [-0.25, -0.2) is 4.98 Å². The van der Waals surface area contributed by atoms with Crippen molar-refractivity contribution in [3.8, 4) is 0 Å². The van der Waals surface area contributed by atoms with E-state index in [1.807, 2.05) is 24.4 Å². The van der Waals surface area contributed by atoms with E-state index in [9.17, 15) is 4.79 Å². The molecule has 134 valence electrons. The lowest BCUT2D eigenvalue weighted by atomic mass is 10.1. The van der Waals surface area contributed by atoms with Crippen LogP contribution in [0.15, 0.2) is 53.8 Å². The fourth-order valence-electron chi connectivity index (χ4n) is 2.29. The smallest absolute Gasteiger partial charge is 0.255 e. The van der Waals surface area contributed by atoms with Gasteiger partial charge in [0.2, 0.25) is 5.95 Å². The number of nitrogens with one attached hydrogen (secondary N) is 2. The normalized spacial score (nSPS) is 10.7. The molecule has 3 aromatic heterocycles. The van der Waals surface area contributed by atoms with Crippen molar-refractivity contribution in [2.24, 2.45) is 0 Å². The molecule has 0 fully saturated rings. The van der Waals surface area contributed by atoms with Gasteiger partial charge in [0.15, 0.2) is 0 Å². The van der Waals surface area contributed by atoms with E-state index < -0.39 is 0 Å². The molecule has 2 N–H and O–H groups in total. The number of hydrogen-bond donors (Lipinski definition) is 2. The first-order valence-electron chi connectivity index (χ1n) is 8.10. The quantitative estimate of drug-likeness (QED) is 0.382. The number of aromatic nitrogens is 4. The van der Waals surface area contributed by atoms with Gasteiger partial charge in [-0.3, -0.25) is 19.7 Å². The van der Waals surface area contributed by atoms with Crippen LogP contribution in [-0.4, -0.2) is 32.2 Å². The van der Waals surface area contributed by atoms with Gasteiger partial charge in [0.25, 0.3) is 5.56 Å². The van der Waals surface area contributed by atoms with Gasteiger partial charge in [-0.05, 0) is 46.4 Å². The van der Waals surface area contributed by atoms with E-state index in [1.165, 1.54) is 3.57 Å². The molecule has 0 amide bonds. The number of anilines is 1. The maximum Gasteiger partial charge on any atom is 0.255 e. The largest absolute Gasteiger partial charge is 0.355 e. The molecule has 0 radical (unpaired) electrons. The first kappa shape index (κ1) is 18.8. The summed E-state index contributed by atoms with van der Waals surface area (Å²) >= 11 is 4.09. The number of thioether (sulfide) groups is 1. The number of H-pyrrole nitrogens is 1. The molecule has 0 bridgehead atoms. The van der Waals surface area contributed by atoms with Crippen molar-refractivity contribution in [1.29, 1.82) is 0 Å². The van der Waals surface area contributed by atoms with Crippen LogP contribution in [-0.2, 0) is 12.2 Å². The Labute approximate surface area is 169 Å². The minimum atomic E-state index is -0.123. The van der Waals surface area contributed by atoms with Crippen molar-refractivity contribution in [3.63, 3.8) is 0 Å². The lowest BCUT2D eigenvalue weighted by Crippen LogP contribution is -2.18. The molecular weight excluding hydrogens is 461 g/mol. The Morgan fingerprint density at radius 1 is 1.15 bits per heavy atom. The summed E-state index contributed by atoms with van der Waals surface area (Å²) in [5, 5.41) is 3.16. The van der Waals surface area contributed by atoms with Crippen molar-refractivity contribution in [2.75, 3.05) is 17.6 Å². The Morgan fingerprint density at radius 3 is 2.81 bits per heavy atom. The van der Waals surface area contributed by atoms with Gasteiger partial charge >= 0.3 is 0 Å². The predicted molar refractivity (Wildman–Crippen MR) is 114 cm³/mol. The summed E-state index contributed by atoms with van der Waals surface area (Å²) in [6, 6.07) is 7.80. The number of hydrogen-bond acceptors (Lipinski definition) is 6. The van der Waals surface area contributed by atoms with Gasteiger partial charge in [-0.1, -0.05) is 6.07 Å². The number of aromatic amines is 1. The Hall–Kier alpha value is -1.94. The molecule has 3 heterocycles. The Balaban J connectivity index is 1.46. The zero-order valence-electron chi connectivity index (χ0n) is 14.0. The zero-order valence-corrected chi connectivity index (χ0v) is 17.0. The maximum absolute atomic E-state index is 12.2. The second kappa shape index (κ2) is 9.67. The van der Waals surface area contributed by atoms with Crippen LogP contribution in [0.4, 0.5) is 5.95 Å². The van der Waals surface area contributed by atoms with Crippen LogP contribution in [0, 0.1) is 3.57 Å². The molecule has 0 aromatic carbocycles. The standard InChI is InChI=1S/C18H18IN5OS/c19-15-4-2-6-21-16(15)12-26-8-7-22-18-23-11-14(17(25)24-18)9-13-3-1-5-20-10-13/h1-6,10-11H,7-9,12H2,(H2,22,23,24,25). The van der Waals surface area contributed by atoms with E-state index in [0.717, 1.165) is 29.3 Å². The van der Waals surface area contributed by atoms with Crippen LogP contribution >= 0.6 is 34.4 Å². The first-order valence-corrected chi connectivity index (χ1v) is 10.3. The molecule has 0 spiro atoms. The number of nitrogens with zero attached hydrogens (tertiary/aromatic N) is 3. The molecule has 0 saturated heterocycles. The average molecular weight is 479 g/mol. The molecule has 0 atom stereocenters. The molecule has 6 nitrogen and oxygen atoms in total. The molecule has 26 heavy (non-hydrogen) atoms. The third-order valence-electron chi connectivity index (χ3n) is 3.60. The van der Waals surface area contributed by atoms with Crippen LogP contribution in [0.25, 0.3) is 0 Å². The Bertz CT molecular complexity index is 903. The highest BCUT2D eigenvalue weighted by Gasteiger charge is 2.04. The number of rotatable bonds is 8. The van der Waals surface area contributed by atoms with E-state index in [-0.39, 0.29) is 5.56 Å². The lowest BCUT2D eigenvalue weighted by molar-refractivity contribution is 1.00. The highest BCUT2D eigenvalue weighted by molar-refractivity contribution is 14.1. The zero-order chi connectivity index (χ0) is 18.2. The second-order valence-electron chi connectivity index (χ2n) is 5.54. The van der Waals surface area contributed by atoms with Crippen LogP contribution in [0.3, 0.4) is 0 Å². The first-order chi connectivity index (χ1) is 12.7. The molecule has 0 aliphatic rings. The molecule has 0 saturated carbocycles. The van der Waals surface area contributed by atoms with Crippen molar-refractivity contribution >= 4 is 40.3 Å². The van der Waals surface area contributed by atoms with Crippen LogP contribution in [0.5, 0.6) is 0 Å². The topological polar surface area (TPSA) is 83.6 Å². The van der Waals surface area contributed by atoms with Crippen LogP contribution in [0.1, 0.15) is 16.8 Å². The monoisotopic (exact) mass is 479 g/mol. The summed E-state index contributed by atoms with van der Waals surface area (Å²) in [6.45, 7) is 0.721. The van der Waals surface area contributed by atoms with Gasteiger partial charge < -0.3 is 5.32 Å². The highest BCUT2D eigenvalue weighted by atomic mass is 127. The summed E-state index contributed by atoms with van der Waals surface area (Å²) in [5.41, 5.74) is 2.59. The summed E-state index contributed by atoms with van der Waals surface area (Å²) in [4.78, 5) is 27.7. The maximum atomic E-state index is 12.2. The van der Waals surface area contributed by atoms with Crippen molar-refractivity contribution in [1.82, 2.24) is 19.9 Å². The minimum absolute atomic E-state index is 0.123. The summed E-state index contributed by atoms with van der Waals surface area (Å²) < 4.78 is 1.18. The summed E-state index contributed by atoms with van der Waals surface area (Å²) in [5.74, 6) is 2.26. The molecule has 0 aliphatic heterocycles. The van der Waals surface area contributed by atoms with Crippen molar-refractivity contribution < 1.29 is 0 Å². The van der Waals surface area contributed by atoms with Crippen LogP contribution < -0.4 is 10.9 Å². The Morgan fingerprint density at radius 2 is 2.04 bits per heavy atom. The molecule has 3 aromatic rings. The number of pyridine rings is 2. The second-order valence-corrected chi connectivity index (χ2v) is 7.80. The molecule has 0 unspecified atom stereocenters. The van der Waals surface area contributed by atoms with Gasteiger partial charge in [0.1, 0.15) is 0 Å². The minimum Gasteiger partial charge on any atom is -0.355 e. The molecule has 3 rings (SSSR count). The van der Waals surface area contributed by atoms with E-state index in [2.05, 4.69) is 53.9 Å². The average Bonchev–Trinajstić information content (AvgIpc) is 2.66. The van der Waals surface area contributed by atoms with Crippen molar-refractivity contribution in [3.05, 3.63) is 79.8 Å². The molecule has 8 heteroatoms. The third kappa shape index (κ3) is 5.53. The van der Waals surface area contributed by atoms with Crippen molar-refractivity contribution in [2.45, 2.75) is 12.2 Å². The predicted octanol–water partition coefficient (Wildman–Crippen LogP) is 3.10. The summed E-state index contributed by atoms with van der Waals surface area (Å²) in [7, 11) is 0. The third-order valence-corrected chi connectivity index (χ3v) is 5.56. The molecular formula is C18H18IN5OS.